The Kier molecular flexibility index (Phi) is 8.02. The number of amides is 1. The van der Waals surface area contributed by atoms with Gasteiger partial charge in [0.25, 0.3) is 6.43 Å². The zero-order valence-corrected chi connectivity index (χ0v) is 21.6. The first kappa shape index (κ1) is 25.6. The van der Waals surface area contributed by atoms with Crippen LogP contribution in [0.1, 0.15) is 56.6 Å². The van der Waals surface area contributed by atoms with Crippen molar-refractivity contribution < 1.29 is 13.6 Å². The predicted octanol–water partition coefficient (Wildman–Crippen LogP) is 4.43. The maximum absolute atomic E-state index is 13.6. The molecule has 1 aromatic heterocycles. The molecule has 2 aromatic rings. The topological polar surface area (TPSA) is 76.6 Å². The molecule has 1 amide bonds. The molecule has 1 aromatic carbocycles. The molecule has 1 unspecified atom stereocenters. The Morgan fingerprint density at radius 3 is 2.84 bits per heavy atom. The minimum atomic E-state index is -2.68. The molecule has 0 aliphatic carbocycles. The van der Waals surface area contributed by atoms with Crippen LogP contribution >= 0.6 is 0 Å². The molecule has 1 atom stereocenters. The minimum Gasteiger partial charge on any atom is -0.369 e. The minimum absolute atomic E-state index is 0.129. The van der Waals surface area contributed by atoms with Gasteiger partial charge in [0.05, 0.1) is 5.56 Å². The van der Waals surface area contributed by atoms with Gasteiger partial charge in [-0.05, 0) is 62.4 Å². The van der Waals surface area contributed by atoms with Gasteiger partial charge in [-0.2, -0.15) is 4.98 Å². The number of anilines is 4. The number of fused-ring (bicyclic) bond motifs is 1. The van der Waals surface area contributed by atoms with Crippen molar-refractivity contribution >= 4 is 29.0 Å². The van der Waals surface area contributed by atoms with Crippen LogP contribution in [-0.4, -0.2) is 77.5 Å². The molecule has 3 fully saturated rings. The van der Waals surface area contributed by atoms with Crippen molar-refractivity contribution in [3.8, 4) is 0 Å². The summed E-state index contributed by atoms with van der Waals surface area (Å²) >= 11 is 0. The van der Waals surface area contributed by atoms with E-state index in [1.165, 1.54) is 31.3 Å². The van der Waals surface area contributed by atoms with Gasteiger partial charge < -0.3 is 20.4 Å². The van der Waals surface area contributed by atoms with Crippen molar-refractivity contribution in [2.24, 2.45) is 0 Å². The monoisotopic (exact) mass is 513 g/mol. The molecular weight excluding hydrogens is 476 g/mol. The average Bonchev–Trinajstić information content (AvgIpc) is 3.55. The lowest BCUT2D eigenvalue weighted by Crippen LogP contribution is -2.50. The van der Waals surface area contributed by atoms with E-state index in [9.17, 15) is 13.6 Å². The number of aryl methyl sites for hydroxylation is 1. The van der Waals surface area contributed by atoms with E-state index in [4.69, 9.17) is 0 Å². The van der Waals surface area contributed by atoms with Crippen molar-refractivity contribution in [1.29, 1.82) is 0 Å². The Morgan fingerprint density at radius 2 is 2.05 bits per heavy atom. The van der Waals surface area contributed by atoms with Crippen molar-refractivity contribution in [2.75, 3.05) is 61.3 Å². The van der Waals surface area contributed by atoms with E-state index >= 15 is 0 Å². The van der Waals surface area contributed by atoms with Gasteiger partial charge >= 0.3 is 0 Å². The SMILES string of the molecule is CCc1cc(N2CCN3CCCC3C2)ccc1Nc1ncc(C(F)F)c(NCCCN2CCCC2=O)n1. The van der Waals surface area contributed by atoms with Crippen molar-refractivity contribution in [2.45, 2.75) is 57.9 Å². The van der Waals surface area contributed by atoms with Crippen LogP contribution in [0, 0.1) is 0 Å². The Labute approximate surface area is 217 Å². The molecule has 3 aliphatic heterocycles. The summed E-state index contributed by atoms with van der Waals surface area (Å²) < 4.78 is 27.2. The summed E-state index contributed by atoms with van der Waals surface area (Å²) in [7, 11) is 0. The summed E-state index contributed by atoms with van der Waals surface area (Å²) in [4.78, 5) is 27.2. The van der Waals surface area contributed by atoms with E-state index in [0.29, 0.717) is 32.0 Å². The number of alkyl halides is 2. The standard InChI is InChI=1S/C27H37F2N7O/c1-2-19-16-20(36-15-14-34-11-3-6-21(34)18-36)8-9-23(19)32-27-31-17-22(25(28)29)26(33-27)30-10-5-13-35-12-4-7-24(35)37/h8-9,16-17,21,25H,2-7,10-15,18H2,1H3,(H2,30,31,32,33). The van der Waals surface area contributed by atoms with E-state index in [2.05, 4.69) is 49.5 Å². The van der Waals surface area contributed by atoms with Gasteiger partial charge in [-0.1, -0.05) is 6.92 Å². The fraction of sp³-hybridized carbons (Fsp3) is 0.593. The fourth-order valence-electron chi connectivity index (χ4n) is 5.71. The van der Waals surface area contributed by atoms with E-state index < -0.39 is 6.43 Å². The first-order valence-corrected chi connectivity index (χ1v) is 13.6. The molecule has 0 saturated carbocycles. The summed E-state index contributed by atoms with van der Waals surface area (Å²) in [5.41, 5.74) is 3.02. The van der Waals surface area contributed by atoms with Crippen LogP contribution in [0.4, 0.5) is 31.9 Å². The largest absolute Gasteiger partial charge is 0.369 e. The highest BCUT2D eigenvalue weighted by atomic mass is 19.3. The van der Waals surface area contributed by atoms with Gasteiger partial charge in [0.15, 0.2) is 0 Å². The van der Waals surface area contributed by atoms with Gasteiger partial charge in [-0.25, -0.2) is 13.8 Å². The number of halogens is 2. The molecule has 0 spiro atoms. The van der Waals surface area contributed by atoms with Crippen molar-refractivity contribution in [1.82, 2.24) is 19.8 Å². The van der Waals surface area contributed by atoms with Crippen LogP contribution in [0.2, 0.25) is 0 Å². The lowest BCUT2D eigenvalue weighted by Gasteiger charge is -2.39. The highest BCUT2D eigenvalue weighted by molar-refractivity contribution is 5.78. The van der Waals surface area contributed by atoms with Crippen molar-refractivity contribution in [3.63, 3.8) is 0 Å². The van der Waals surface area contributed by atoms with Gasteiger partial charge in [0, 0.05) is 69.3 Å². The molecule has 0 radical (unpaired) electrons. The molecule has 0 bridgehead atoms. The summed E-state index contributed by atoms with van der Waals surface area (Å²) in [6.45, 7) is 8.38. The molecule has 10 heteroatoms. The highest BCUT2D eigenvalue weighted by Gasteiger charge is 2.30. The number of carbonyl (C=O) groups excluding carboxylic acids is 1. The molecule has 3 saturated heterocycles. The number of hydrogen-bond acceptors (Lipinski definition) is 7. The number of nitrogens with zero attached hydrogens (tertiary/aromatic N) is 5. The first-order valence-electron chi connectivity index (χ1n) is 13.6. The zero-order valence-electron chi connectivity index (χ0n) is 21.6. The number of aromatic nitrogens is 2. The number of benzene rings is 1. The lowest BCUT2D eigenvalue weighted by atomic mass is 10.1. The number of carbonyl (C=O) groups is 1. The molecule has 3 aliphatic rings. The number of nitrogens with one attached hydrogen (secondary N) is 2. The fourth-order valence-corrected chi connectivity index (χ4v) is 5.71. The van der Waals surface area contributed by atoms with E-state index in [0.717, 1.165) is 50.3 Å². The summed E-state index contributed by atoms with van der Waals surface area (Å²) in [5, 5.41) is 6.29. The Morgan fingerprint density at radius 1 is 1.16 bits per heavy atom. The third-order valence-electron chi connectivity index (χ3n) is 7.79. The predicted molar refractivity (Wildman–Crippen MR) is 142 cm³/mol. The Balaban J connectivity index is 1.25. The zero-order chi connectivity index (χ0) is 25.8. The van der Waals surface area contributed by atoms with E-state index in [-0.39, 0.29) is 23.2 Å². The van der Waals surface area contributed by atoms with Gasteiger partial charge in [0.2, 0.25) is 11.9 Å². The van der Waals surface area contributed by atoms with Gasteiger partial charge in [-0.15, -0.1) is 0 Å². The molecule has 37 heavy (non-hydrogen) atoms. The smallest absolute Gasteiger partial charge is 0.268 e. The number of rotatable bonds is 10. The maximum atomic E-state index is 13.6. The molecular formula is C27H37F2N7O. The molecule has 5 rings (SSSR count). The Hall–Kier alpha value is -3.01. The second kappa shape index (κ2) is 11.6. The number of hydrogen-bond donors (Lipinski definition) is 2. The van der Waals surface area contributed by atoms with E-state index in [1.54, 1.807) is 0 Å². The quantitative estimate of drug-likeness (QED) is 0.455. The van der Waals surface area contributed by atoms with Crippen LogP contribution in [0.25, 0.3) is 0 Å². The summed E-state index contributed by atoms with van der Waals surface area (Å²) in [6.07, 6.45) is 4.06. The lowest BCUT2D eigenvalue weighted by molar-refractivity contribution is -0.127. The first-order chi connectivity index (χ1) is 18.0. The normalized spacial score (nSPS) is 20.1. The average molecular weight is 514 g/mol. The van der Waals surface area contributed by atoms with Crippen LogP contribution in [0.5, 0.6) is 0 Å². The van der Waals surface area contributed by atoms with Crippen LogP contribution in [0.3, 0.4) is 0 Å². The van der Waals surface area contributed by atoms with Gasteiger partial charge in [-0.3, -0.25) is 9.69 Å². The van der Waals surface area contributed by atoms with Crippen LogP contribution in [-0.2, 0) is 11.2 Å². The van der Waals surface area contributed by atoms with Crippen LogP contribution < -0.4 is 15.5 Å². The second-order valence-electron chi connectivity index (χ2n) is 10.2. The maximum Gasteiger partial charge on any atom is 0.268 e. The molecule has 2 N–H and O–H groups in total. The highest BCUT2D eigenvalue weighted by Crippen LogP contribution is 2.31. The van der Waals surface area contributed by atoms with Gasteiger partial charge in [0.1, 0.15) is 5.82 Å². The summed E-state index contributed by atoms with van der Waals surface area (Å²) in [5.74, 6) is 0.577. The van der Waals surface area contributed by atoms with E-state index in [1.807, 2.05) is 11.0 Å². The molecule has 4 heterocycles. The summed E-state index contributed by atoms with van der Waals surface area (Å²) in [6, 6.07) is 7.04. The third-order valence-corrected chi connectivity index (χ3v) is 7.79. The third kappa shape index (κ3) is 5.95. The van der Waals surface area contributed by atoms with Crippen molar-refractivity contribution in [3.05, 3.63) is 35.5 Å². The molecule has 200 valence electrons. The Bertz CT molecular complexity index is 1100. The molecule has 8 nitrogen and oxygen atoms in total. The second-order valence-corrected chi connectivity index (χ2v) is 10.2. The number of likely N-dealkylation sites (tertiary alicyclic amines) is 1. The van der Waals surface area contributed by atoms with Crippen LogP contribution in [0.15, 0.2) is 24.4 Å². The number of piperazine rings is 1.